The molecule has 3 rings (SSSR count). The van der Waals surface area contributed by atoms with Crippen LogP contribution < -0.4 is 5.32 Å². The molecule has 2 aliphatic rings. The number of hydrogen-bond donors (Lipinski definition) is 1. The summed E-state index contributed by atoms with van der Waals surface area (Å²) in [7, 11) is 1.91. The van der Waals surface area contributed by atoms with Crippen molar-refractivity contribution in [2.24, 2.45) is 5.92 Å². The maximum atomic E-state index is 13.1. The summed E-state index contributed by atoms with van der Waals surface area (Å²) in [6.07, 6.45) is 5.33. The zero-order valence-corrected chi connectivity index (χ0v) is 17.0. The molecule has 1 aliphatic heterocycles. The van der Waals surface area contributed by atoms with E-state index in [1.165, 1.54) is 5.56 Å². The van der Waals surface area contributed by atoms with E-state index in [1.54, 1.807) is 0 Å². The van der Waals surface area contributed by atoms with Crippen LogP contribution in [0.15, 0.2) is 30.3 Å². The van der Waals surface area contributed by atoms with Crippen molar-refractivity contribution in [2.45, 2.75) is 51.1 Å². The molecule has 1 heterocycles. The minimum absolute atomic E-state index is 0. The second-order valence-corrected chi connectivity index (χ2v) is 7.55. The molecule has 6 heteroatoms. The van der Waals surface area contributed by atoms with Gasteiger partial charge in [0.25, 0.3) is 0 Å². The minimum atomic E-state index is 0. The molecule has 1 aliphatic carbocycles. The van der Waals surface area contributed by atoms with Crippen molar-refractivity contribution in [3.63, 3.8) is 0 Å². The first kappa shape index (κ1) is 21.7. The summed E-state index contributed by atoms with van der Waals surface area (Å²) in [6.45, 7) is 3.03. The Kier molecular flexibility index (Phi) is 8.58. The van der Waals surface area contributed by atoms with E-state index in [-0.39, 0.29) is 24.2 Å². The van der Waals surface area contributed by atoms with Gasteiger partial charge >= 0.3 is 0 Å². The molecular formula is C21H32ClN3O2. The number of amides is 2. The van der Waals surface area contributed by atoms with E-state index in [9.17, 15) is 9.59 Å². The summed E-state index contributed by atoms with van der Waals surface area (Å²) in [6, 6.07) is 10.7. The van der Waals surface area contributed by atoms with Crippen molar-refractivity contribution in [3.05, 3.63) is 35.9 Å². The zero-order valence-electron chi connectivity index (χ0n) is 16.2. The summed E-state index contributed by atoms with van der Waals surface area (Å²) in [5, 5.41) is 3.08. The monoisotopic (exact) mass is 393 g/mol. The third-order valence-electron chi connectivity index (χ3n) is 5.48. The Morgan fingerprint density at radius 1 is 1.11 bits per heavy atom. The summed E-state index contributed by atoms with van der Waals surface area (Å²) >= 11 is 0. The molecule has 2 amide bonds. The minimum Gasteiger partial charge on any atom is -0.343 e. The van der Waals surface area contributed by atoms with E-state index in [2.05, 4.69) is 22.3 Å². The third-order valence-corrected chi connectivity index (χ3v) is 5.48. The normalized spacial score (nSPS) is 17.3. The van der Waals surface area contributed by atoms with Crippen LogP contribution in [0.4, 0.5) is 0 Å². The van der Waals surface area contributed by atoms with Crippen molar-refractivity contribution < 1.29 is 9.59 Å². The van der Waals surface area contributed by atoms with E-state index < -0.39 is 0 Å². The highest BCUT2D eigenvalue weighted by Gasteiger charge is 2.37. The van der Waals surface area contributed by atoms with Crippen molar-refractivity contribution >= 4 is 24.2 Å². The summed E-state index contributed by atoms with van der Waals surface area (Å²) in [5.74, 6) is 0.591. The highest BCUT2D eigenvalue weighted by Crippen LogP contribution is 2.32. The van der Waals surface area contributed by atoms with Gasteiger partial charge in [0.1, 0.15) is 0 Å². The molecule has 1 saturated heterocycles. The number of carbonyl (C=O) groups excluding carboxylic acids is 2. The van der Waals surface area contributed by atoms with Crippen molar-refractivity contribution in [2.75, 3.05) is 26.7 Å². The maximum absolute atomic E-state index is 13.1. The molecular weight excluding hydrogens is 362 g/mol. The maximum Gasteiger partial charge on any atom is 0.226 e. The van der Waals surface area contributed by atoms with Gasteiger partial charge < -0.3 is 15.1 Å². The Morgan fingerprint density at radius 3 is 2.37 bits per heavy atom. The van der Waals surface area contributed by atoms with E-state index in [1.807, 2.05) is 30.1 Å². The molecule has 0 unspecified atom stereocenters. The number of halogens is 1. The van der Waals surface area contributed by atoms with Crippen LogP contribution in [-0.4, -0.2) is 54.3 Å². The van der Waals surface area contributed by atoms with Crippen molar-refractivity contribution in [1.29, 1.82) is 0 Å². The Balaban J connectivity index is 0.00000261. The molecule has 27 heavy (non-hydrogen) atoms. The standard InChI is InChI=1S/C21H31N3O2.ClH/c1-22-13-5-8-20(25)23-14-11-18(12-15-23)21(26)24(19-9-10-19)16-17-6-3-2-4-7-17;/h2-4,6-7,18-19,22H,5,8-16H2,1H3;1H. The van der Waals surface area contributed by atoms with Gasteiger partial charge in [0.2, 0.25) is 11.8 Å². The molecule has 0 atom stereocenters. The van der Waals surface area contributed by atoms with Crippen molar-refractivity contribution in [1.82, 2.24) is 15.1 Å². The lowest BCUT2D eigenvalue weighted by Crippen LogP contribution is -2.45. The number of nitrogens with zero attached hydrogens (tertiary/aromatic N) is 2. The molecule has 0 radical (unpaired) electrons. The average Bonchev–Trinajstić information content (AvgIpc) is 3.52. The van der Waals surface area contributed by atoms with Gasteiger partial charge in [-0.05, 0) is 51.3 Å². The predicted octanol–water partition coefficient (Wildman–Crippen LogP) is 2.84. The highest BCUT2D eigenvalue weighted by molar-refractivity contribution is 5.85. The Hall–Kier alpha value is -1.59. The molecule has 0 bridgehead atoms. The first-order valence-corrected chi connectivity index (χ1v) is 9.96. The number of piperidine rings is 1. The van der Waals surface area contributed by atoms with Crippen LogP contribution >= 0.6 is 12.4 Å². The fourth-order valence-electron chi connectivity index (χ4n) is 3.74. The highest BCUT2D eigenvalue weighted by atomic mass is 35.5. The van der Waals surface area contributed by atoms with Gasteiger partial charge in [0.05, 0.1) is 0 Å². The van der Waals surface area contributed by atoms with Gasteiger partial charge in [-0.2, -0.15) is 0 Å². The zero-order chi connectivity index (χ0) is 18.4. The topological polar surface area (TPSA) is 52.7 Å². The Bertz CT molecular complexity index is 599. The van der Waals surface area contributed by atoms with E-state index in [0.29, 0.717) is 24.9 Å². The van der Waals surface area contributed by atoms with Crippen LogP contribution in [0.25, 0.3) is 0 Å². The quantitative estimate of drug-likeness (QED) is 0.691. The summed E-state index contributed by atoms with van der Waals surface area (Å²) < 4.78 is 0. The molecule has 0 aromatic heterocycles. The smallest absolute Gasteiger partial charge is 0.226 e. The molecule has 1 aromatic carbocycles. The largest absolute Gasteiger partial charge is 0.343 e. The number of hydrogen-bond acceptors (Lipinski definition) is 3. The lowest BCUT2D eigenvalue weighted by Gasteiger charge is -2.34. The number of likely N-dealkylation sites (tertiary alicyclic amines) is 1. The predicted molar refractivity (Wildman–Crippen MR) is 110 cm³/mol. The van der Waals surface area contributed by atoms with Gasteiger partial charge in [-0.25, -0.2) is 0 Å². The fraction of sp³-hybridized carbons (Fsp3) is 0.619. The van der Waals surface area contributed by atoms with Gasteiger partial charge in [0.15, 0.2) is 0 Å². The molecule has 0 spiro atoms. The number of carbonyl (C=O) groups is 2. The number of benzene rings is 1. The molecule has 150 valence electrons. The Morgan fingerprint density at radius 2 is 1.78 bits per heavy atom. The molecule has 1 saturated carbocycles. The van der Waals surface area contributed by atoms with Crippen LogP contribution in [0.5, 0.6) is 0 Å². The number of nitrogens with one attached hydrogen (secondary N) is 1. The van der Waals surface area contributed by atoms with Gasteiger partial charge in [0, 0.05) is 38.0 Å². The summed E-state index contributed by atoms with van der Waals surface area (Å²) in [4.78, 5) is 29.4. The van der Waals surface area contributed by atoms with Crippen LogP contribution in [0, 0.1) is 5.92 Å². The first-order valence-electron chi connectivity index (χ1n) is 9.96. The van der Waals surface area contributed by atoms with Crippen LogP contribution in [-0.2, 0) is 16.1 Å². The van der Waals surface area contributed by atoms with E-state index in [0.717, 1.165) is 51.7 Å². The molecule has 1 N–H and O–H groups in total. The van der Waals surface area contributed by atoms with Gasteiger partial charge in [-0.3, -0.25) is 9.59 Å². The second-order valence-electron chi connectivity index (χ2n) is 7.55. The van der Waals surface area contributed by atoms with Crippen molar-refractivity contribution in [3.8, 4) is 0 Å². The summed E-state index contributed by atoms with van der Waals surface area (Å²) in [5.41, 5.74) is 1.20. The van der Waals surface area contributed by atoms with E-state index in [4.69, 9.17) is 0 Å². The fourth-order valence-corrected chi connectivity index (χ4v) is 3.74. The van der Waals surface area contributed by atoms with Crippen LogP contribution in [0.3, 0.4) is 0 Å². The second kappa shape index (κ2) is 10.7. The van der Waals surface area contributed by atoms with Gasteiger partial charge in [-0.15, -0.1) is 12.4 Å². The van der Waals surface area contributed by atoms with E-state index >= 15 is 0 Å². The Labute approximate surface area is 168 Å². The lowest BCUT2D eigenvalue weighted by molar-refractivity contribution is -0.141. The number of rotatable bonds is 8. The first-order chi connectivity index (χ1) is 12.7. The lowest BCUT2D eigenvalue weighted by atomic mass is 9.94. The third kappa shape index (κ3) is 6.22. The van der Waals surface area contributed by atoms with Gasteiger partial charge in [-0.1, -0.05) is 30.3 Å². The van der Waals surface area contributed by atoms with Crippen LogP contribution in [0.1, 0.15) is 44.1 Å². The molecule has 5 nitrogen and oxygen atoms in total. The molecule has 2 fully saturated rings. The van der Waals surface area contributed by atoms with Crippen LogP contribution in [0.2, 0.25) is 0 Å². The SMILES string of the molecule is CNCCCC(=O)N1CCC(C(=O)N(Cc2ccccc2)C2CC2)CC1.Cl. The molecule has 1 aromatic rings. The average molecular weight is 394 g/mol.